The molecule has 0 spiro atoms. The van der Waals surface area contributed by atoms with Crippen molar-refractivity contribution in [2.45, 2.75) is 58.3 Å². The summed E-state index contributed by atoms with van der Waals surface area (Å²) in [5, 5.41) is 2.45. The van der Waals surface area contributed by atoms with Crippen molar-refractivity contribution in [3.8, 4) is 0 Å². The van der Waals surface area contributed by atoms with Crippen LogP contribution in [0.25, 0.3) is 0 Å². The Kier molecular flexibility index (Phi) is 8.12. The molecule has 0 N–H and O–H groups in total. The van der Waals surface area contributed by atoms with Gasteiger partial charge in [-0.1, -0.05) is 99.7 Å². The summed E-state index contributed by atoms with van der Waals surface area (Å²) in [4.78, 5) is 0. The van der Waals surface area contributed by atoms with E-state index in [0.29, 0.717) is 5.92 Å². The summed E-state index contributed by atoms with van der Waals surface area (Å²) >= 11 is 0. The maximum Gasteiger partial charge on any atom is 0.407 e. The van der Waals surface area contributed by atoms with E-state index in [1.807, 2.05) is 0 Å². The van der Waals surface area contributed by atoms with Gasteiger partial charge in [0.25, 0.3) is 0 Å². The predicted octanol–water partition coefficient (Wildman–Crippen LogP) is 5.05. The lowest BCUT2D eigenvalue weighted by molar-refractivity contribution is 0.146. The van der Waals surface area contributed by atoms with Gasteiger partial charge in [0.15, 0.2) is 0 Å². The molecule has 0 saturated heterocycles. The highest BCUT2D eigenvalue weighted by molar-refractivity contribution is 6.92. The summed E-state index contributed by atoms with van der Waals surface area (Å²) in [7, 11) is -2.68. The molecule has 0 amide bonds. The van der Waals surface area contributed by atoms with E-state index in [1.165, 1.54) is 55.3 Å². The summed E-state index contributed by atoms with van der Waals surface area (Å²) in [5.74, 6) is 0.678. The maximum absolute atomic E-state index is 6.84. The number of rotatable bonds is 10. The molecule has 0 unspecified atom stereocenters. The minimum Gasteiger partial charge on any atom is -0.388 e. The minimum atomic E-state index is -2.68. The van der Waals surface area contributed by atoms with Gasteiger partial charge in [0.1, 0.15) is 0 Å². The van der Waals surface area contributed by atoms with E-state index in [1.54, 1.807) is 0 Å². The van der Waals surface area contributed by atoms with E-state index in [2.05, 4.69) is 67.6 Å². The topological polar surface area (TPSA) is 18.5 Å². The number of benzene rings is 2. The van der Waals surface area contributed by atoms with E-state index in [-0.39, 0.29) is 0 Å². The number of hydrogen-bond donors (Lipinski definition) is 0. The fraction of sp³-hybridized carbons (Fsp3) is 0.500. The lowest BCUT2D eigenvalue weighted by Crippen LogP contribution is -2.64. The molecule has 3 rings (SSSR count). The largest absolute Gasteiger partial charge is 0.407 e. The summed E-state index contributed by atoms with van der Waals surface area (Å²) in [6.07, 6.45) is 10.2. The van der Waals surface area contributed by atoms with Crippen LogP contribution in [0.4, 0.5) is 0 Å². The number of hydrogen-bond acceptors (Lipinski definition) is 2. The van der Waals surface area contributed by atoms with E-state index >= 15 is 0 Å². The minimum absolute atomic E-state index is 0.678. The van der Waals surface area contributed by atoms with Crippen molar-refractivity contribution in [2.75, 3.05) is 13.2 Å². The van der Waals surface area contributed by atoms with Gasteiger partial charge in [-0.15, -0.1) is 0 Å². The van der Waals surface area contributed by atoms with Crippen molar-refractivity contribution in [3.05, 3.63) is 60.7 Å². The van der Waals surface area contributed by atoms with E-state index in [0.717, 1.165) is 19.6 Å². The van der Waals surface area contributed by atoms with Crippen molar-refractivity contribution < 1.29 is 8.85 Å². The van der Waals surface area contributed by atoms with Gasteiger partial charge in [0.05, 0.1) is 0 Å². The summed E-state index contributed by atoms with van der Waals surface area (Å²) in [5.41, 5.74) is 0. The lowest BCUT2D eigenvalue weighted by atomic mass is 9.90. The van der Waals surface area contributed by atoms with Crippen LogP contribution >= 0.6 is 0 Å². The third-order valence-corrected chi connectivity index (χ3v) is 8.98. The highest BCUT2D eigenvalue weighted by Crippen LogP contribution is 2.25. The third kappa shape index (κ3) is 5.53. The van der Waals surface area contributed by atoms with Crippen LogP contribution in [0.3, 0.4) is 0 Å². The second kappa shape index (κ2) is 10.8. The van der Waals surface area contributed by atoms with Crippen LogP contribution in [-0.4, -0.2) is 21.8 Å². The average Bonchev–Trinajstić information content (AvgIpc) is 2.75. The Hall–Kier alpha value is -1.42. The average molecular weight is 383 g/mol. The highest BCUT2D eigenvalue weighted by atomic mass is 28.4. The Balaban J connectivity index is 1.88. The molecule has 2 aromatic carbocycles. The molecule has 1 fully saturated rings. The molecular weight excluding hydrogens is 348 g/mol. The van der Waals surface area contributed by atoms with E-state index < -0.39 is 8.56 Å². The van der Waals surface area contributed by atoms with Crippen LogP contribution in [-0.2, 0) is 8.85 Å². The van der Waals surface area contributed by atoms with Crippen molar-refractivity contribution in [3.63, 3.8) is 0 Å². The summed E-state index contributed by atoms with van der Waals surface area (Å²) in [6, 6.07) is 21.4. The molecule has 1 aliphatic carbocycles. The SMILES string of the molecule is CCCCCO[Si](OCC1CCCCC1)(c1ccccc1)c1ccccc1. The zero-order valence-electron chi connectivity index (χ0n) is 16.7. The maximum atomic E-state index is 6.84. The number of unbranched alkanes of at least 4 members (excludes halogenated alkanes) is 2. The molecule has 0 atom stereocenters. The van der Waals surface area contributed by atoms with Crippen molar-refractivity contribution in [2.24, 2.45) is 5.92 Å². The van der Waals surface area contributed by atoms with Crippen molar-refractivity contribution in [1.29, 1.82) is 0 Å². The molecule has 2 nitrogen and oxygen atoms in total. The Morgan fingerprint density at radius 1 is 0.778 bits per heavy atom. The molecule has 27 heavy (non-hydrogen) atoms. The van der Waals surface area contributed by atoms with Gasteiger partial charge < -0.3 is 8.85 Å². The second-order valence-corrected chi connectivity index (χ2v) is 10.7. The van der Waals surface area contributed by atoms with Gasteiger partial charge >= 0.3 is 8.56 Å². The van der Waals surface area contributed by atoms with Crippen LogP contribution in [0.5, 0.6) is 0 Å². The Morgan fingerprint density at radius 3 is 1.93 bits per heavy atom. The first kappa shape index (κ1) is 20.3. The van der Waals surface area contributed by atoms with E-state index in [9.17, 15) is 0 Å². The Morgan fingerprint density at radius 2 is 1.37 bits per heavy atom. The van der Waals surface area contributed by atoms with Crippen LogP contribution in [0, 0.1) is 5.92 Å². The molecule has 0 heterocycles. The monoisotopic (exact) mass is 382 g/mol. The molecule has 146 valence electrons. The lowest BCUT2D eigenvalue weighted by Gasteiger charge is -2.34. The van der Waals surface area contributed by atoms with Crippen LogP contribution in [0.15, 0.2) is 60.7 Å². The molecule has 1 aliphatic rings. The van der Waals surface area contributed by atoms with Crippen molar-refractivity contribution in [1.82, 2.24) is 0 Å². The van der Waals surface area contributed by atoms with Gasteiger partial charge in [-0.2, -0.15) is 0 Å². The zero-order chi connectivity index (χ0) is 18.8. The molecule has 0 aromatic heterocycles. The van der Waals surface area contributed by atoms with Gasteiger partial charge in [0, 0.05) is 13.2 Å². The second-order valence-electron chi connectivity index (χ2n) is 7.72. The first-order valence-corrected chi connectivity index (χ1v) is 12.6. The molecule has 1 saturated carbocycles. The predicted molar refractivity (Wildman–Crippen MR) is 116 cm³/mol. The highest BCUT2D eigenvalue weighted by Gasteiger charge is 2.43. The molecule has 0 bridgehead atoms. The zero-order valence-corrected chi connectivity index (χ0v) is 17.7. The van der Waals surface area contributed by atoms with Gasteiger partial charge in [-0.3, -0.25) is 0 Å². The summed E-state index contributed by atoms with van der Waals surface area (Å²) in [6.45, 7) is 3.83. The first-order chi connectivity index (χ1) is 13.3. The molecule has 3 heteroatoms. The van der Waals surface area contributed by atoms with Crippen LogP contribution in [0.2, 0.25) is 0 Å². The molecule has 0 aliphatic heterocycles. The third-order valence-electron chi connectivity index (χ3n) is 5.61. The van der Waals surface area contributed by atoms with E-state index in [4.69, 9.17) is 8.85 Å². The fourth-order valence-electron chi connectivity index (χ4n) is 4.01. The van der Waals surface area contributed by atoms with Gasteiger partial charge in [-0.05, 0) is 35.6 Å². The van der Waals surface area contributed by atoms with Crippen LogP contribution in [0.1, 0.15) is 58.3 Å². The summed E-state index contributed by atoms with van der Waals surface area (Å²) < 4.78 is 13.5. The molecular formula is C24H34O2Si. The van der Waals surface area contributed by atoms with Crippen LogP contribution < -0.4 is 10.4 Å². The smallest absolute Gasteiger partial charge is 0.388 e. The van der Waals surface area contributed by atoms with Gasteiger partial charge in [-0.25, -0.2) is 0 Å². The standard InChI is InChI=1S/C24H34O2Si/c1-2-3-13-20-25-27(23-16-9-5-10-17-23,24-18-11-6-12-19-24)26-21-22-14-7-4-8-15-22/h5-6,9-12,16-19,22H,2-4,7-8,13-15,20-21H2,1H3. The Bertz CT molecular complexity index is 598. The fourth-order valence-corrected chi connectivity index (χ4v) is 7.26. The Labute approximate surface area is 166 Å². The normalized spacial score (nSPS) is 15.7. The molecule has 2 aromatic rings. The van der Waals surface area contributed by atoms with Gasteiger partial charge in [0.2, 0.25) is 0 Å². The molecule has 0 radical (unpaired) electrons. The van der Waals surface area contributed by atoms with Crippen molar-refractivity contribution >= 4 is 18.9 Å². The quantitative estimate of drug-likeness (QED) is 0.423. The first-order valence-electron chi connectivity index (χ1n) is 10.7.